The van der Waals surface area contributed by atoms with Gasteiger partial charge in [0.2, 0.25) is 5.91 Å². The first kappa shape index (κ1) is 11.9. The van der Waals surface area contributed by atoms with Crippen molar-refractivity contribution in [3.63, 3.8) is 0 Å². The third-order valence-corrected chi connectivity index (χ3v) is 2.42. The Hall–Kier alpha value is -1.14. The number of carbonyl (C=O) groups excluding carboxylic acids is 1. The van der Waals surface area contributed by atoms with E-state index >= 15 is 0 Å². The van der Waals surface area contributed by atoms with Crippen LogP contribution in [0.25, 0.3) is 0 Å². The third kappa shape index (κ3) is 3.49. The molecule has 0 aromatic rings. The van der Waals surface area contributed by atoms with Gasteiger partial charge in [0, 0.05) is 26.7 Å². The molecule has 1 rings (SSSR count). The van der Waals surface area contributed by atoms with Gasteiger partial charge in [0.05, 0.1) is 6.61 Å². The maximum Gasteiger partial charge on any atom is 0.312 e. The van der Waals surface area contributed by atoms with Gasteiger partial charge in [0.1, 0.15) is 12.0 Å². The summed E-state index contributed by atoms with van der Waals surface area (Å²) in [5.74, 6) is -1.65. The van der Waals surface area contributed by atoms with Crippen molar-refractivity contribution in [2.75, 3.05) is 26.9 Å². The number of methoxy groups -OCH3 is 1. The Morgan fingerprint density at radius 1 is 1.60 bits per heavy atom. The molecular formula is C9H15NO5. The molecule has 1 saturated heterocycles. The summed E-state index contributed by atoms with van der Waals surface area (Å²) in [5.41, 5.74) is -0.492. The maximum atomic E-state index is 11.1. The molecule has 1 unspecified atom stereocenters. The van der Waals surface area contributed by atoms with Gasteiger partial charge < -0.3 is 19.9 Å². The predicted molar refractivity (Wildman–Crippen MR) is 50.4 cm³/mol. The van der Waals surface area contributed by atoms with Gasteiger partial charge in [-0.25, -0.2) is 0 Å². The van der Waals surface area contributed by atoms with Crippen LogP contribution < -0.4 is 5.32 Å². The van der Waals surface area contributed by atoms with Gasteiger partial charge in [-0.3, -0.25) is 9.59 Å². The summed E-state index contributed by atoms with van der Waals surface area (Å²) < 4.78 is 10.4. The molecule has 1 amide bonds. The average Bonchev–Trinajstić information content (AvgIpc) is 2.63. The Labute approximate surface area is 87.5 Å². The molecule has 0 bridgehead atoms. The fourth-order valence-corrected chi connectivity index (χ4v) is 1.42. The summed E-state index contributed by atoms with van der Waals surface area (Å²) in [7, 11) is 1.55. The smallest absolute Gasteiger partial charge is 0.312 e. The Balaban J connectivity index is 2.34. The number of hydrogen-bond donors (Lipinski definition) is 2. The molecule has 2 N–H and O–H groups in total. The molecule has 0 aromatic carbocycles. The van der Waals surface area contributed by atoms with Crippen LogP contribution in [0.1, 0.15) is 12.8 Å². The molecular weight excluding hydrogens is 202 g/mol. The quantitative estimate of drug-likeness (QED) is 0.600. The van der Waals surface area contributed by atoms with Crippen LogP contribution in [0.4, 0.5) is 0 Å². The zero-order chi connectivity index (χ0) is 11.3. The molecule has 1 heterocycles. The van der Waals surface area contributed by atoms with Crippen LogP contribution >= 0.6 is 0 Å². The van der Waals surface area contributed by atoms with E-state index in [1.54, 1.807) is 7.11 Å². The van der Waals surface area contributed by atoms with Gasteiger partial charge in [0.15, 0.2) is 0 Å². The van der Waals surface area contributed by atoms with Crippen LogP contribution in [0.3, 0.4) is 0 Å². The summed E-state index contributed by atoms with van der Waals surface area (Å²) in [4.78, 5) is 21.3. The highest BCUT2D eigenvalue weighted by Gasteiger charge is 2.35. The van der Waals surface area contributed by atoms with E-state index in [4.69, 9.17) is 14.6 Å². The van der Waals surface area contributed by atoms with Crippen LogP contribution in [-0.4, -0.2) is 49.5 Å². The summed E-state index contributed by atoms with van der Waals surface area (Å²) in [6.45, 7) is 1.31. The van der Waals surface area contributed by atoms with Crippen molar-refractivity contribution < 1.29 is 24.2 Å². The van der Waals surface area contributed by atoms with Crippen molar-refractivity contribution in [2.45, 2.75) is 18.4 Å². The normalized spacial score (nSPS) is 25.1. The third-order valence-electron chi connectivity index (χ3n) is 2.42. The minimum absolute atomic E-state index is 0.287. The van der Waals surface area contributed by atoms with Crippen molar-refractivity contribution in [2.24, 2.45) is 0 Å². The second kappa shape index (κ2) is 5.09. The summed E-state index contributed by atoms with van der Waals surface area (Å²) >= 11 is 0. The lowest BCUT2D eigenvalue weighted by atomic mass is 10.0. The van der Waals surface area contributed by atoms with E-state index in [1.807, 2.05) is 0 Å². The van der Waals surface area contributed by atoms with Crippen molar-refractivity contribution in [3.05, 3.63) is 0 Å². The van der Waals surface area contributed by atoms with Crippen LogP contribution in [0.15, 0.2) is 0 Å². The van der Waals surface area contributed by atoms with Crippen molar-refractivity contribution in [3.8, 4) is 0 Å². The monoisotopic (exact) mass is 217 g/mol. The Bertz CT molecular complexity index is 247. The number of hydrogen-bond acceptors (Lipinski definition) is 4. The van der Waals surface area contributed by atoms with Crippen molar-refractivity contribution in [1.29, 1.82) is 0 Å². The number of carbonyl (C=O) groups is 2. The van der Waals surface area contributed by atoms with E-state index in [0.29, 0.717) is 19.6 Å². The first-order valence-corrected chi connectivity index (χ1v) is 4.69. The fourth-order valence-electron chi connectivity index (χ4n) is 1.42. The van der Waals surface area contributed by atoms with Crippen LogP contribution in [-0.2, 0) is 19.1 Å². The summed E-state index contributed by atoms with van der Waals surface area (Å²) in [6.07, 6.45) is 0.192. The largest absolute Gasteiger partial charge is 0.481 e. The summed E-state index contributed by atoms with van der Waals surface area (Å²) in [5, 5.41) is 10.9. The first-order chi connectivity index (χ1) is 7.08. The molecule has 1 fully saturated rings. The van der Waals surface area contributed by atoms with E-state index in [2.05, 4.69) is 5.32 Å². The van der Waals surface area contributed by atoms with E-state index in [-0.39, 0.29) is 6.54 Å². The molecule has 1 aliphatic heterocycles. The van der Waals surface area contributed by atoms with Gasteiger partial charge >= 0.3 is 5.97 Å². The molecule has 1 atom stereocenters. The van der Waals surface area contributed by atoms with Gasteiger partial charge in [-0.1, -0.05) is 0 Å². The van der Waals surface area contributed by atoms with Crippen molar-refractivity contribution >= 4 is 11.9 Å². The molecule has 86 valence electrons. The Morgan fingerprint density at radius 2 is 2.33 bits per heavy atom. The number of rotatable bonds is 5. The van der Waals surface area contributed by atoms with Crippen LogP contribution in [0.5, 0.6) is 0 Å². The topological polar surface area (TPSA) is 84.9 Å². The number of amides is 1. The van der Waals surface area contributed by atoms with Crippen LogP contribution in [0.2, 0.25) is 0 Å². The molecule has 0 aromatic heterocycles. The first-order valence-electron chi connectivity index (χ1n) is 4.69. The number of carboxylic acid groups (broad SMARTS) is 1. The highest BCUT2D eigenvalue weighted by molar-refractivity contribution is 5.93. The molecule has 6 nitrogen and oxygen atoms in total. The number of aliphatic carboxylic acids is 1. The maximum absolute atomic E-state index is 11.1. The van der Waals surface area contributed by atoms with Gasteiger partial charge in [-0.05, 0) is 0 Å². The molecule has 6 heteroatoms. The van der Waals surface area contributed by atoms with E-state index in [0.717, 1.165) is 0 Å². The van der Waals surface area contributed by atoms with Gasteiger partial charge in [-0.15, -0.1) is 0 Å². The summed E-state index contributed by atoms with van der Waals surface area (Å²) in [6, 6.07) is 0. The minimum Gasteiger partial charge on any atom is -0.481 e. The van der Waals surface area contributed by atoms with Crippen molar-refractivity contribution in [1.82, 2.24) is 5.32 Å². The minimum atomic E-state index is -1.14. The molecule has 0 aliphatic carbocycles. The van der Waals surface area contributed by atoms with Crippen LogP contribution in [0, 0.1) is 0 Å². The Morgan fingerprint density at radius 3 is 2.80 bits per heavy atom. The molecule has 15 heavy (non-hydrogen) atoms. The molecule has 0 saturated carbocycles. The molecule has 1 aliphatic rings. The fraction of sp³-hybridized carbons (Fsp3) is 0.778. The van der Waals surface area contributed by atoms with E-state index in [1.165, 1.54) is 0 Å². The SMILES string of the molecule is COC1(CNC(=O)CC(=O)O)CCOC1. The van der Waals surface area contributed by atoms with E-state index in [9.17, 15) is 9.59 Å². The lowest BCUT2D eigenvalue weighted by Gasteiger charge is -2.25. The lowest BCUT2D eigenvalue weighted by molar-refractivity contribution is -0.141. The predicted octanol–water partition coefficient (Wildman–Crippen LogP) is -0.617. The zero-order valence-electron chi connectivity index (χ0n) is 8.62. The molecule has 0 radical (unpaired) electrons. The van der Waals surface area contributed by atoms with Gasteiger partial charge in [-0.2, -0.15) is 0 Å². The van der Waals surface area contributed by atoms with Gasteiger partial charge in [0.25, 0.3) is 0 Å². The molecule has 0 spiro atoms. The highest BCUT2D eigenvalue weighted by atomic mass is 16.5. The standard InChI is InChI=1S/C9H15NO5/c1-14-9(2-3-15-6-9)5-10-7(11)4-8(12)13/h2-6H2,1H3,(H,10,11)(H,12,13). The lowest BCUT2D eigenvalue weighted by Crippen LogP contribution is -2.45. The zero-order valence-corrected chi connectivity index (χ0v) is 8.62. The second-order valence-electron chi connectivity index (χ2n) is 3.54. The second-order valence-corrected chi connectivity index (χ2v) is 3.54. The Kier molecular flexibility index (Phi) is 4.05. The van der Waals surface area contributed by atoms with E-state index < -0.39 is 23.9 Å². The highest BCUT2D eigenvalue weighted by Crippen LogP contribution is 2.21. The number of nitrogens with one attached hydrogen (secondary N) is 1. The average molecular weight is 217 g/mol. The number of carboxylic acids is 1. The number of ether oxygens (including phenoxy) is 2.